The Hall–Kier alpha value is -1.96. The van der Waals surface area contributed by atoms with Crippen LogP contribution < -0.4 is 9.08 Å². The highest BCUT2D eigenvalue weighted by atomic mass is 79.9. The van der Waals surface area contributed by atoms with E-state index in [2.05, 4.69) is 25.6 Å². The monoisotopic (exact) mass is 359 g/mol. The van der Waals surface area contributed by atoms with Gasteiger partial charge in [-0.05, 0) is 6.07 Å². The molecule has 0 saturated carbocycles. The zero-order chi connectivity index (χ0) is 15.4. The number of rotatable bonds is 5. The summed E-state index contributed by atoms with van der Waals surface area (Å²) in [6.07, 6.45) is -1.03. The van der Waals surface area contributed by atoms with Gasteiger partial charge >= 0.3 is 0 Å². The maximum atomic E-state index is 13.1. The number of ether oxygens (including phenoxy) is 1. The normalized spacial score (nSPS) is 10.7. The molecule has 0 aliphatic heterocycles. The molecule has 1 aromatic carbocycles. The maximum absolute atomic E-state index is 13.1. The summed E-state index contributed by atoms with van der Waals surface area (Å²) in [5.41, 5.74) is 0.0234. The minimum Gasteiger partial charge on any atom is -0.472 e. The predicted molar refractivity (Wildman–Crippen MR) is 75.3 cm³/mol. The predicted octanol–water partition coefficient (Wildman–Crippen LogP) is 2.98. The Kier molecular flexibility index (Phi) is 4.89. The van der Waals surface area contributed by atoms with Gasteiger partial charge in [-0.25, -0.2) is 8.78 Å². The van der Waals surface area contributed by atoms with Crippen molar-refractivity contribution in [3.8, 4) is 5.88 Å². The average molecular weight is 360 g/mol. The number of nitrogens with zero attached hydrogens (tertiary/aromatic N) is 2. The lowest BCUT2D eigenvalue weighted by Gasteiger charge is -2.13. The molecule has 0 fully saturated rings. The van der Waals surface area contributed by atoms with E-state index in [9.17, 15) is 13.6 Å². The zero-order valence-electron chi connectivity index (χ0n) is 11.0. The fraction of sp³-hybridized carbons (Fsp3) is 0.231. The summed E-state index contributed by atoms with van der Waals surface area (Å²) in [5.74, 6) is -0.219. The molecule has 0 aliphatic rings. The number of alkyl halides is 2. The lowest BCUT2D eigenvalue weighted by atomic mass is 10.0. The average Bonchev–Trinajstić information content (AvgIpc) is 2.89. The Morgan fingerprint density at radius 2 is 2.24 bits per heavy atom. The molecule has 112 valence electrons. The van der Waals surface area contributed by atoms with Gasteiger partial charge in [0.15, 0.2) is 0 Å². The van der Waals surface area contributed by atoms with E-state index in [0.29, 0.717) is 5.88 Å². The number of hydrogen-bond acceptors (Lipinski definition) is 3. The molecule has 0 saturated heterocycles. The third-order valence-electron chi connectivity index (χ3n) is 2.83. The molecule has 8 heteroatoms. The third-order valence-corrected chi connectivity index (χ3v) is 3.19. The first-order chi connectivity index (χ1) is 10.0. The van der Waals surface area contributed by atoms with Crippen LogP contribution in [0.25, 0.3) is 0 Å². The van der Waals surface area contributed by atoms with Crippen molar-refractivity contribution in [2.75, 3.05) is 0 Å². The Morgan fingerprint density at radius 3 is 2.81 bits per heavy atom. The van der Waals surface area contributed by atoms with Gasteiger partial charge in [0.05, 0.1) is 0 Å². The van der Waals surface area contributed by atoms with Gasteiger partial charge in [-0.15, -0.1) is 5.10 Å². The van der Waals surface area contributed by atoms with Gasteiger partial charge in [0.25, 0.3) is 12.3 Å². The standard InChI is InChI=1S/C13H12BrF2N3O2/c1-19-6-5-11(18-19)21-7-10-8(12(15)16)3-2-4-9(10)13(20)17-14/h2-6,12H,7H2,1H3,(H,17,20). The molecule has 0 spiro atoms. The summed E-state index contributed by atoms with van der Waals surface area (Å²) in [7, 11) is 1.71. The first kappa shape index (κ1) is 15.4. The van der Waals surface area contributed by atoms with Gasteiger partial charge in [-0.1, -0.05) is 12.1 Å². The van der Waals surface area contributed by atoms with Gasteiger partial charge in [-0.2, -0.15) is 0 Å². The number of halogens is 3. The van der Waals surface area contributed by atoms with Crippen LogP contribution in [0.5, 0.6) is 5.88 Å². The first-order valence-corrected chi connectivity index (χ1v) is 6.75. The number of carbonyl (C=O) groups excluding carboxylic acids is 1. The van der Waals surface area contributed by atoms with Gasteiger partial charge in [0, 0.05) is 52.1 Å². The summed E-state index contributed by atoms with van der Waals surface area (Å²) >= 11 is 2.80. The Bertz CT molecular complexity index is 646. The summed E-state index contributed by atoms with van der Waals surface area (Å²) < 4.78 is 35.3. The van der Waals surface area contributed by atoms with E-state index in [1.54, 1.807) is 19.3 Å². The van der Waals surface area contributed by atoms with Crippen LogP contribution in [0.3, 0.4) is 0 Å². The molecule has 1 aromatic heterocycles. The second kappa shape index (κ2) is 6.66. The molecule has 0 radical (unpaired) electrons. The number of amides is 1. The third kappa shape index (κ3) is 3.57. The molecule has 0 aliphatic carbocycles. The van der Waals surface area contributed by atoms with Gasteiger partial charge in [-0.3, -0.25) is 13.8 Å². The van der Waals surface area contributed by atoms with E-state index < -0.39 is 12.3 Å². The Labute approximate surface area is 128 Å². The minimum atomic E-state index is -2.70. The molecule has 5 nitrogen and oxygen atoms in total. The fourth-order valence-electron chi connectivity index (χ4n) is 1.85. The van der Waals surface area contributed by atoms with Gasteiger partial charge in [0.1, 0.15) is 6.61 Å². The molecule has 2 rings (SSSR count). The fourth-order valence-corrected chi connectivity index (χ4v) is 2.06. The van der Waals surface area contributed by atoms with Crippen LogP contribution in [0.1, 0.15) is 27.9 Å². The molecule has 0 atom stereocenters. The number of aryl methyl sites for hydroxylation is 1. The highest BCUT2D eigenvalue weighted by Crippen LogP contribution is 2.26. The molecule has 0 bridgehead atoms. The van der Waals surface area contributed by atoms with Crippen molar-refractivity contribution in [3.05, 3.63) is 47.2 Å². The van der Waals surface area contributed by atoms with E-state index in [0.717, 1.165) is 0 Å². The van der Waals surface area contributed by atoms with Crippen LogP contribution in [0, 0.1) is 0 Å². The molecular weight excluding hydrogens is 348 g/mol. The van der Waals surface area contributed by atoms with Gasteiger partial charge in [0.2, 0.25) is 5.88 Å². The molecule has 21 heavy (non-hydrogen) atoms. The molecule has 1 N–H and O–H groups in total. The van der Waals surface area contributed by atoms with Crippen LogP contribution in [-0.4, -0.2) is 15.7 Å². The van der Waals surface area contributed by atoms with E-state index in [1.165, 1.54) is 22.9 Å². The maximum Gasteiger partial charge on any atom is 0.264 e. The highest BCUT2D eigenvalue weighted by molar-refractivity contribution is 9.08. The van der Waals surface area contributed by atoms with Crippen LogP contribution in [0.15, 0.2) is 30.5 Å². The van der Waals surface area contributed by atoms with Crippen molar-refractivity contribution in [2.45, 2.75) is 13.0 Å². The van der Waals surface area contributed by atoms with Crippen molar-refractivity contribution in [2.24, 2.45) is 7.05 Å². The van der Waals surface area contributed by atoms with Crippen LogP contribution in [0.2, 0.25) is 0 Å². The number of nitrogens with one attached hydrogen (secondary N) is 1. The molecule has 2 aromatic rings. The molecule has 1 amide bonds. The number of hydrogen-bond donors (Lipinski definition) is 1. The van der Waals surface area contributed by atoms with E-state index >= 15 is 0 Å². The van der Waals surface area contributed by atoms with Crippen LogP contribution >= 0.6 is 16.1 Å². The Balaban J connectivity index is 2.32. The molecule has 0 unspecified atom stereocenters. The lowest BCUT2D eigenvalue weighted by molar-refractivity contribution is 0.0982. The van der Waals surface area contributed by atoms with Crippen LogP contribution in [-0.2, 0) is 13.7 Å². The van der Waals surface area contributed by atoms with Gasteiger partial charge < -0.3 is 4.74 Å². The summed E-state index contributed by atoms with van der Waals surface area (Å²) in [4.78, 5) is 11.7. The largest absolute Gasteiger partial charge is 0.472 e. The number of carbonyl (C=O) groups is 1. The summed E-state index contributed by atoms with van der Waals surface area (Å²) in [5, 5.41) is 3.99. The number of aromatic nitrogens is 2. The van der Waals surface area contributed by atoms with Crippen molar-refractivity contribution in [1.29, 1.82) is 0 Å². The van der Waals surface area contributed by atoms with Crippen molar-refractivity contribution in [1.82, 2.24) is 14.1 Å². The second-order valence-corrected chi connectivity index (χ2v) is 4.61. The van der Waals surface area contributed by atoms with Crippen molar-refractivity contribution >= 4 is 22.1 Å². The smallest absolute Gasteiger partial charge is 0.264 e. The van der Waals surface area contributed by atoms with Crippen molar-refractivity contribution in [3.63, 3.8) is 0 Å². The van der Waals surface area contributed by atoms with E-state index in [-0.39, 0.29) is 23.3 Å². The Morgan fingerprint density at radius 1 is 1.48 bits per heavy atom. The van der Waals surface area contributed by atoms with E-state index in [1.807, 2.05) is 0 Å². The minimum absolute atomic E-state index is 0.126. The topological polar surface area (TPSA) is 56.1 Å². The molecular formula is C13H12BrF2N3O2. The second-order valence-electron chi connectivity index (χ2n) is 4.21. The zero-order valence-corrected chi connectivity index (χ0v) is 12.6. The lowest BCUT2D eigenvalue weighted by Crippen LogP contribution is -2.17. The quantitative estimate of drug-likeness (QED) is 0.835. The van der Waals surface area contributed by atoms with Crippen LogP contribution in [0.4, 0.5) is 8.78 Å². The van der Waals surface area contributed by atoms with Crippen molar-refractivity contribution < 1.29 is 18.3 Å². The molecule has 1 heterocycles. The number of benzene rings is 1. The first-order valence-electron chi connectivity index (χ1n) is 5.96. The summed E-state index contributed by atoms with van der Waals surface area (Å²) in [6, 6.07) is 5.74. The SMILES string of the molecule is Cn1ccc(OCc2c(C(=O)NBr)cccc2C(F)F)n1. The highest BCUT2D eigenvalue weighted by Gasteiger charge is 2.20. The van der Waals surface area contributed by atoms with E-state index in [4.69, 9.17) is 4.74 Å². The summed E-state index contributed by atoms with van der Waals surface area (Å²) in [6.45, 7) is -0.173.